The lowest BCUT2D eigenvalue weighted by atomic mass is 10.2. The van der Waals surface area contributed by atoms with Crippen LogP contribution < -0.4 is 10.0 Å². The Morgan fingerprint density at radius 3 is 2.59 bits per heavy atom. The van der Waals surface area contributed by atoms with Gasteiger partial charge in [0.05, 0.1) is 20.5 Å². The van der Waals surface area contributed by atoms with E-state index in [9.17, 15) is 23.3 Å². The van der Waals surface area contributed by atoms with Crippen LogP contribution in [-0.4, -0.2) is 37.3 Å². The molecule has 3 rings (SSSR count). The fraction of sp³-hybridized carbons (Fsp3) is 0.200. The van der Waals surface area contributed by atoms with Crippen molar-refractivity contribution in [2.75, 3.05) is 13.1 Å². The molecule has 0 aliphatic rings. The lowest BCUT2D eigenvalue weighted by Gasteiger charge is -2.08. The smallest absolute Gasteiger partial charge is 0.270 e. The van der Waals surface area contributed by atoms with E-state index in [1.165, 1.54) is 18.2 Å². The van der Waals surface area contributed by atoms with Gasteiger partial charge in [-0.05, 0) is 37.3 Å². The van der Waals surface area contributed by atoms with Crippen molar-refractivity contribution in [3.63, 3.8) is 0 Å². The van der Waals surface area contributed by atoms with Gasteiger partial charge in [0.25, 0.3) is 11.6 Å². The molecule has 0 radical (unpaired) electrons. The molecule has 32 heavy (non-hydrogen) atoms. The molecule has 0 aliphatic carbocycles. The molecule has 0 spiro atoms. The third kappa shape index (κ3) is 6.60. The number of benzene rings is 2. The van der Waals surface area contributed by atoms with Crippen LogP contribution >= 0.6 is 23.1 Å². The Morgan fingerprint density at radius 2 is 1.94 bits per heavy atom. The van der Waals surface area contributed by atoms with E-state index in [4.69, 9.17) is 0 Å². The Balaban J connectivity index is 1.46. The minimum absolute atomic E-state index is 0.0578. The standard InChI is InChI=1S/C20H20N4O5S3/c1-14-23-16(12-30-14)13-31-18-7-5-15(6-8-18)20(25)21-9-10-22-32(28,29)19-4-2-3-17(11-19)24(26)27/h2-8,11-12,22H,9-10,13H2,1H3,(H,21,25). The molecule has 0 aliphatic heterocycles. The SMILES string of the molecule is Cc1nc(CSc2ccc(C(=O)NCCNS(=O)(=O)c3cccc([N+](=O)[O-])c3)cc2)cs1. The number of nitro groups is 1. The van der Waals surface area contributed by atoms with Crippen molar-refractivity contribution >= 4 is 44.7 Å². The monoisotopic (exact) mass is 492 g/mol. The van der Waals surface area contributed by atoms with Crippen LogP contribution in [0.15, 0.2) is 63.7 Å². The molecule has 1 aromatic heterocycles. The van der Waals surface area contributed by atoms with Gasteiger partial charge in [-0.2, -0.15) is 0 Å². The predicted octanol–water partition coefficient (Wildman–Crippen LogP) is 3.36. The van der Waals surface area contributed by atoms with Crippen LogP contribution in [0.1, 0.15) is 21.1 Å². The number of thioether (sulfide) groups is 1. The van der Waals surface area contributed by atoms with Gasteiger partial charge in [0.15, 0.2) is 0 Å². The van der Waals surface area contributed by atoms with E-state index in [-0.39, 0.29) is 29.6 Å². The third-order valence-corrected chi connectivity index (χ3v) is 7.54. The summed E-state index contributed by atoms with van der Waals surface area (Å²) >= 11 is 3.24. The lowest BCUT2D eigenvalue weighted by molar-refractivity contribution is -0.385. The molecule has 0 saturated carbocycles. The van der Waals surface area contributed by atoms with Crippen LogP contribution in [0.3, 0.4) is 0 Å². The summed E-state index contributed by atoms with van der Waals surface area (Å²) in [4.78, 5) is 27.6. The largest absolute Gasteiger partial charge is 0.351 e. The molecule has 2 aromatic carbocycles. The Bertz CT molecular complexity index is 1210. The van der Waals surface area contributed by atoms with Crippen LogP contribution in [0.5, 0.6) is 0 Å². The quantitative estimate of drug-likeness (QED) is 0.192. The van der Waals surface area contributed by atoms with Crippen molar-refractivity contribution in [2.24, 2.45) is 0 Å². The van der Waals surface area contributed by atoms with Crippen LogP contribution in [0, 0.1) is 17.0 Å². The number of nitrogens with zero attached hydrogens (tertiary/aromatic N) is 2. The highest BCUT2D eigenvalue weighted by Crippen LogP contribution is 2.24. The highest BCUT2D eigenvalue weighted by Gasteiger charge is 2.17. The van der Waals surface area contributed by atoms with Crippen LogP contribution in [-0.2, 0) is 15.8 Å². The van der Waals surface area contributed by atoms with Gasteiger partial charge in [-0.25, -0.2) is 18.1 Å². The average Bonchev–Trinajstić information content (AvgIpc) is 3.20. The highest BCUT2D eigenvalue weighted by molar-refractivity contribution is 7.98. The zero-order valence-corrected chi connectivity index (χ0v) is 19.4. The third-order valence-electron chi connectivity index (χ3n) is 4.21. The first-order valence-corrected chi connectivity index (χ1v) is 12.8. The van der Waals surface area contributed by atoms with Crippen molar-refractivity contribution < 1.29 is 18.1 Å². The van der Waals surface area contributed by atoms with E-state index in [1.54, 1.807) is 35.2 Å². The normalized spacial score (nSPS) is 11.3. The maximum Gasteiger partial charge on any atom is 0.270 e. The topological polar surface area (TPSA) is 131 Å². The summed E-state index contributed by atoms with van der Waals surface area (Å²) in [6, 6.07) is 11.9. The molecular weight excluding hydrogens is 472 g/mol. The first-order chi connectivity index (χ1) is 15.2. The number of sulfonamides is 1. The molecule has 1 heterocycles. The number of carbonyl (C=O) groups excluding carboxylic acids is 1. The molecular formula is C20H20N4O5S3. The molecule has 3 aromatic rings. The number of nitrogens with one attached hydrogen (secondary N) is 2. The number of hydrogen-bond donors (Lipinski definition) is 2. The second-order valence-electron chi connectivity index (χ2n) is 6.58. The fourth-order valence-electron chi connectivity index (χ4n) is 2.65. The number of aromatic nitrogens is 1. The van der Waals surface area contributed by atoms with Crippen molar-refractivity contribution in [3.8, 4) is 0 Å². The first-order valence-electron chi connectivity index (χ1n) is 9.41. The average molecular weight is 493 g/mol. The van der Waals surface area contributed by atoms with Crippen molar-refractivity contribution in [2.45, 2.75) is 22.5 Å². The van der Waals surface area contributed by atoms with E-state index in [0.29, 0.717) is 5.56 Å². The predicted molar refractivity (Wildman–Crippen MR) is 123 cm³/mol. The van der Waals surface area contributed by atoms with Gasteiger partial charge in [-0.15, -0.1) is 23.1 Å². The first kappa shape index (κ1) is 23.9. The number of rotatable bonds is 10. The Labute approximate surface area is 193 Å². The Kier molecular flexibility index (Phi) is 7.96. The van der Waals surface area contributed by atoms with Gasteiger partial charge in [-0.1, -0.05) is 6.07 Å². The fourth-order valence-corrected chi connectivity index (χ4v) is 5.23. The van der Waals surface area contributed by atoms with E-state index in [0.717, 1.165) is 27.4 Å². The zero-order valence-electron chi connectivity index (χ0n) is 17.0. The molecule has 1 amide bonds. The molecule has 0 saturated heterocycles. The number of hydrogen-bond acceptors (Lipinski definition) is 8. The minimum atomic E-state index is -3.93. The number of thiazole rings is 1. The zero-order chi connectivity index (χ0) is 23.1. The van der Waals surface area contributed by atoms with Gasteiger partial charge in [-0.3, -0.25) is 14.9 Å². The van der Waals surface area contributed by atoms with Crippen LogP contribution in [0.25, 0.3) is 0 Å². The molecule has 0 unspecified atom stereocenters. The van der Waals surface area contributed by atoms with Gasteiger partial charge in [0, 0.05) is 46.8 Å². The molecule has 0 bridgehead atoms. The number of non-ortho nitro benzene ring substituents is 1. The maximum absolute atomic E-state index is 12.3. The molecule has 9 nitrogen and oxygen atoms in total. The lowest BCUT2D eigenvalue weighted by Crippen LogP contribution is -2.34. The number of nitro benzene ring substituents is 1. The van der Waals surface area contributed by atoms with Gasteiger partial charge in [0.1, 0.15) is 0 Å². The summed E-state index contributed by atoms with van der Waals surface area (Å²) in [6.45, 7) is 1.97. The minimum Gasteiger partial charge on any atom is -0.351 e. The van der Waals surface area contributed by atoms with Crippen molar-refractivity contribution in [3.05, 3.63) is 80.3 Å². The highest BCUT2D eigenvalue weighted by atomic mass is 32.2. The summed E-state index contributed by atoms with van der Waals surface area (Å²) in [5, 5.41) is 16.5. The molecule has 0 fully saturated rings. The molecule has 168 valence electrons. The van der Waals surface area contributed by atoms with E-state index in [2.05, 4.69) is 15.0 Å². The van der Waals surface area contributed by atoms with E-state index in [1.807, 2.05) is 24.4 Å². The number of aryl methyl sites for hydroxylation is 1. The summed E-state index contributed by atoms with van der Waals surface area (Å²) in [5.74, 6) is 0.423. The molecule has 12 heteroatoms. The number of carbonyl (C=O) groups is 1. The second kappa shape index (κ2) is 10.7. The van der Waals surface area contributed by atoms with Crippen molar-refractivity contribution in [1.82, 2.24) is 15.0 Å². The van der Waals surface area contributed by atoms with E-state index < -0.39 is 14.9 Å². The van der Waals surface area contributed by atoms with Gasteiger partial charge >= 0.3 is 0 Å². The summed E-state index contributed by atoms with van der Waals surface area (Å²) in [7, 11) is -3.93. The summed E-state index contributed by atoms with van der Waals surface area (Å²) in [5.41, 5.74) is 1.16. The van der Waals surface area contributed by atoms with Crippen molar-refractivity contribution in [1.29, 1.82) is 0 Å². The number of amides is 1. The Morgan fingerprint density at radius 1 is 1.19 bits per heavy atom. The van der Waals surface area contributed by atoms with E-state index >= 15 is 0 Å². The molecule has 2 N–H and O–H groups in total. The van der Waals surface area contributed by atoms with Gasteiger partial charge < -0.3 is 5.32 Å². The van der Waals surface area contributed by atoms with Crippen LogP contribution in [0.4, 0.5) is 5.69 Å². The second-order valence-corrected chi connectivity index (χ2v) is 10.5. The molecule has 0 atom stereocenters. The summed E-state index contributed by atoms with van der Waals surface area (Å²) < 4.78 is 26.9. The van der Waals surface area contributed by atoms with Gasteiger partial charge in [0.2, 0.25) is 10.0 Å². The summed E-state index contributed by atoms with van der Waals surface area (Å²) in [6.07, 6.45) is 0. The van der Waals surface area contributed by atoms with Crippen LogP contribution in [0.2, 0.25) is 0 Å². The maximum atomic E-state index is 12.3. The Hall–Kier alpha value is -2.80.